The lowest BCUT2D eigenvalue weighted by molar-refractivity contribution is -0.0227. The van der Waals surface area contributed by atoms with Gasteiger partial charge < -0.3 is 0 Å². The molecule has 0 N–H and O–H groups in total. The molecule has 0 aromatic rings. The van der Waals surface area contributed by atoms with E-state index >= 15 is 0 Å². The first kappa shape index (κ1) is 22.9. The zero-order valence-corrected chi connectivity index (χ0v) is 17.7. The topological polar surface area (TPSA) is 0 Å². The van der Waals surface area contributed by atoms with Crippen LogP contribution in [0.2, 0.25) is 0 Å². The Balaban J connectivity index is 0.00000151. The first-order chi connectivity index (χ1) is 11.9. The number of hydrogen-bond acceptors (Lipinski definition) is 0. The van der Waals surface area contributed by atoms with Crippen molar-refractivity contribution in [2.75, 3.05) is 0 Å². The second-order valence-corrected chi connectivity index (χ2v) is 9.12. The summed E-state index contributed by atoms with van der Waals surface area (Å²) >= 11 is 0. The quantitative estimate of drug-likeness (QED) is 0.437. The van der Waals surface area contributed by atoms with Crippen LogP contribution in [-0.4, -0.2) is 12.3 Å². The first-order valence-corrected chi connectivity index (χ1v) is 11.2. The molecule has 0 amide bonds. The van der Waals surface area contributed by atoms with Gasteiger partial charge in [0.05, 0.1) is 0 Å². The average Bonchev–Trinajstić information content (AvgIpc) is 2.81. The Morgan fingerprint density at radius 2 is 1.48 bits per heavy atom. The molecular formula is C23H44F2. The van der Waals surface area contributed by atoms with Crippen molar-refractivity contribution in [1.29, 1.82) is 0 Å². The van der Waals surface area contributed by atoms with Crippen LogP contribution in [0.3, 0.4) is 0 Å². The molecule has 2 aliphatic carbocycles. The lowest BCUT2D eigenvalue weighted by atomic mass is 9.68. The summed E-state index contributed by atoms with van der Waals surface area (Å²) in [4.78, 5) is 0. The Morgan fingerprint density at radius 3 is 2.12 bits per heavy atom. The minimum Gasteiger partial charge on any atom is -0.244 e. The summed E-state index contributed by atoms with van der Waals surface area (Å²) < 4.78 is 29.7. The van der Waals surface area contributed by atoms with Crippen LogP contribution in [0.4, 0.5) is 8.78 Å². The Morgan fingerprint density at radius 1 is 0.800 bits per heavy atom. The van der Waals surface area contributed by atoms with E-state index in [1.807, 2.05) is 13.8 Å². The highest BCUT2D eigenvalue weighted by Crippen LogP contribution is 2.45. The van der Waals surface area contributed by atoms with E-state index in [2.05, 4.69) is 27.7 Å². The molecule has 0 aliphatic heterocycles. The predicted molar refractivity (Wildman–Crippen MR) is 106 cm³/mol. The van der Waals surface area contributed by atoms with Crippen LogP contribution in [0.25, 0.3) is 0 Å². The molecule has 0 nitrogen and oxygen atoms in total. The van der Waals surface area contributed by atoms with Crippen molar-refractivity contribution in [3.8, 4) is 0 Å². The van der Waals surface area contributed by atoms with E-state index in [1.54, 1.807) is 0 Å². The highest BCUT2D eigenvalue weighted by atomic mass is 19.2. The molecule has 2 heteroatoms. The molecule has 2 aliphatic rings. The molecular weight excluding hydrogens is 314 g/mol. The zero-order valence-electron chi connectivity index (χ0n) is 17.7. The van der Waals surface area contributed by atoms with E-state index in [1.165, 1.54) is 19.3 Å². The summed E-state index contributed by atoms with van der Waals surface area (Å²) in [5, 5.41) is 0. The highest BCUT2D eigenvalue weighted by Gasteiger charge is 2.44. The minimum absolute atomic E-state index is 0.0103. The van der Waals surface area contributed by atoms with E-state index in [-0.39, 0.29) is 11.8 Å². The van der Waals surface area contributed by atoms with E-state index in [0.29, 0.717) is 17.8 Å². The van der Waals surface area contributed by atoms with Gasteiger partial charge in [-0.3, -0.25) is 0 Å². The average molecular weight is 359 g/mol. The maximum Gasteiger partial charge on any atom is 0.134 e. The van der Waals surface area contributed by atoms with E-state index < -0.39 is 12.3 Å². The second kappa shape index (κ2) is 11.5. The number of halogens is 2. The van der Waals surface area contributed by atoms with Crippen LogP contribution >= 0.6 is 0 Å². The van der Waals surface area contributed by atoms with Gasteiger partial charge in [-0.05, 0) is 54.8 Å². The van der Waals surface area contributed by atoms with Crippen molar-refractivity contribution in [1.82, 2.24) is 0 Å². The zero-order chi connectivity index (χ0) is 19.0. The third-order valence-corrected chi connectivity index (χ3v) is 6.79. The van der Waals surface area contributed by atoms with Crippen molar-refractivity contribution >= 4 is 0 Å². The molecule has 7 unspecified atom stereocenters. The number of rotatable bonds is 5. The van der Waals surface area contributed by atoms with Crippen molar-refractivity contribution < 1.29 is 8.78 Å². The summed E-state index contributed by atoms with van der Waals surface area (Å²) in [5.74, 6) is 2.11. The molecule has 0 radical (unpaired) electrons. The summed E-state index contributed by atoms with van der Waals surface area (Å²) in [5.41, 5.74) is 0. The van der Waals surface area contributed by atoms with Gasteiger partial charge in [0.2, 0.25) is 0 Å². The van der Waals surface area contributed by atoms with Gasteiger partial charge in [-0.15, -0.1) is 0 Å². The molecule has 25 heavy (non-hydrogen) atoms. The fraction of sp³-hybridized carbons (Fsp3) is 1.00. The molecule has 2 saturated carbocycles. The summed E-state index contributed by atoms with van der Waals surface area (Å²) in [7, 11) is 0. The molecule has 0 bridgehead atoms. The van der Waals surface area contributed by atoms with Crippen LogP contribution in [0.15, 0.2) is 0 Å². The second-order valence-electron chi connectivity index (χ2n) is 9.12. The van der Waals surface area contributed by atoms with Gasteiger partial charge >= 0.3 is 0 Å². The highest BCUT2D eigenvalue weighted by molar-refractivity contribution is 4.93. The lowest BCUT2D eigenvalue weighted by Gasteiger charge is -2.41. The molecule has 0 aromatic heterocycles. The van der Waals surface area contributed by atoms with E-state index in [4.69, 9.17) is 0 Å². The van der Waals surface area contributed by atoms with Crippen molar-refractivity contribution in [2.24, 2.45) is 35.5 Å². The Labute approximate surface area is 156 Å². The monoisotopic (exact) mass is 358 g/mol. The summed E-state index contributed by atoms with van der Waals surface area (Å²) in [6.45, 7) is 12.9. The van der Waals surface area contributed by atoms with Gasteiger partial charge in [-0.1, -0.05) is 80.1 Å². The van der Waals surface area contributed by atoms with Gasteiger partial charge in [-0.25, -0.2) is 8.78 Å². The van der Waals surface area contributed by atoms with E-state index in [0.717, 1.165) is 44.4 Å². The minimum atomic E-state index is -1.23. The summed E-state index contributed by atoms with van der Waals surface area (Å²) in [6, 6.07) is 0. The Hall–Kier alpha value is -0.140. The van der Waals surface area contributed by atoms with Crippen LogP contribution in [-0.2, 0) is 0 Å². The van der Waals surface area contributed by atoms with Gasteiger partial charge in [-0.2, -0.15) is 0 Å². The molecule has 0 spiro atoms. The molecule has 0 heterocycles. The van der Waals surface area contributed by atoms with Crippen LogP contribution < -0.4 is 0 Å². The summed E-state index contributed by atoms with van der Waals surface area (Å²) in [6.07, 6.45) is 7.47. The molecule has 2 fully saturated rings. The number of hydrogen-bond donors (Lipinski definition) is 0. The Bertz CT molecular complexity index is 341. The van der Waals surface area contributed by atoms with Crippen LogP contribution in [0.1, 0.15) is 99.3 Å². The first-order valence-electron chi connectivity index (χ1n) is 11.2. The fourth-order valence-electron chi connectivity index (χ4n) is 5.02. The van der Waals surface area contributed by atoms with Crippen molar-refractivity contribution in [2.45, 2.75) is 112 Å². The van der Waals surface area contributed by atoms with Gasteiger partial charge in [0.1, 0.15) is 12.3 Å². The lowest BCUT2D eigenvalue weighted by Crippen LogP contribution is -2.43. The Kier molecular flexibility index (Phi) is 10.6. The normalized spacial score (nSPS) is 37.8. The van der Waals surface area contributed by atoms with Crippen LogP contribution in [0.5, 0.6) is 0 Å². The fourth-order valence-corrected chi connectivity index (χ4v) is 5.02. The molecule has 7 atom stereocenters. The van der Waals surface area contributed by atoms with Gasteiger partial charge in [0.25, 0.3) is 0 Å². The van der Waals surface area contributed by atoms with Gasteiger partial charge in [0, 0.05) is 0 Å². The van der Waals surface area contributed by atoms with Crippen LogP contribution in [0, 0.1) is 35.5 Å². The standard InChI is InChI=1S/C21H38F2.C2H6/c1-14(2)8-10-16(4)18-12-13-19(21(23)20(18)22)17-7-5-6-15(3)9-11-17;1-2/h14-21H,5-13H2,1-4H3;1-2H3. The predicted octanol–water partition coefficient (Wildman–Crippen LogP) is 8.00. The SMILES string of the molecule is CC.CC(C)CCC(C)C1CCC(C2CCCC(C)CC2)C(F)C1F. The maximum absolute atomic E-state index is 14.9. The number of alkyl halides is 2. The van der Waals surface area contributed by atoms with E-state index in [9.17, 15) is 8.78 Å². The van der Waals surface area contributed by atoms with Crippen molar-refractivity contribution in [3.63, 3.8) is 0 Å². The molecule has 0 saturated heterocycles. The largest absolute Gasteiger partial charge is 0.244 e. The third-order valence-electron chi connectivity index (χ3n) is 6.79. The third kappa shape index (κ3) is 6.83. The smallest absolute Gasteiger partial charge is 0.134 e. The molecule has 0 aromatic carbocycles. The molecule has 150 valence electrons. The maximum atomic E-state index is 14.9. The van der Waals surface area contributed by atoms with Gasteiger partial charge in [0.15, 0.2) is 0 Å². The van der Waals surface area contributed by atoms with Crippen molar-refractivity contribution in [3.05, 3.63) is 0 Å². The molecule has 2 rings (SSSR count).